The lowest BCUT2D eigenvalue weighted by atomic mass is 10.1. The molecule has 7 nitrogen and oxygen atoms in total. The van der Waals surface area contributed by atoms with Gasteiger partial charge in [-0.05, 0) is 38.0 Å². The highest BCUT2D eigenvalue weighted by molar-refractivity contribution is 7.19. The van der Waals surface area contributed by atoms with Gasteiger partial charge in [0.2, 0.25) is 5.91 Å². The number of nitrogen functional groups attached to an aromatic ring is 1. The molecular weight excluding hydrogens is 350 g/mol. The maximum absolute atomic E-state index is 12.6. The van der Waals surface area contributed by atoms with E-state index in [4.69, 9.17) is 5.73 Å². The van der Waals surface area contributed by atoms with Crippen molar-refractivity contribution in [1.82, 2.24) is 4.98 Å². The zero-order valence-corrected chi connectivity index (χ0v) is 15.7. The highest BCUT2D eigenvalue weighted by atomic mass is 32.1. The molecule has 0 aliphatic heterocycles. The van der Waals surface area contributed by atoms with E-state index >= 15 is 0 Å². The monoisotopic (exact) mass is 373 g/mol. The van der Waals surface area contributed by atoms with Crippen molar-refractivity contribution in [1.29, 1.82) is 0 Å². The molecule has 2 amide bonds. The van der Waals surface area contributed by atoms with Gasteiger partial charge in [-0.25, -0.2) is 4.98 Å². The summed E-state index contributed by atoms with van der Waals surface area (Å²) in [5.41, 5.74) is 8.05. The molecule has 8 heteroatoms. The SMILES string of the molecule is C=CCCCNc1ccc(C(=O)Nc2nc(C)c(N)s2)c(NC(C)=O)c1. The number of allylic oxidation sites excluding steroid dienone is 1. The van der Waals surface area contributed by atoms with Crippen LogP contribution < -0.4 is 21.7 Å². The number of benzene rings is 1. The van der Waals surface area contributed by atoms with Gasteiger partial charge in [0, 0.05) is 19.2 Å². The van der Waals surface area contributed by atoms with Crippen molar-refractivity contribution in [3.8, 4) is 0 Å². The Morgan fingerprint density at radius 1 is 1.35 bits per heavy atom. The van der Waals surface area contributed by atoms with Crippen LogP contribution in [0.4, 0.5) is 21.5 Å². The van der Waals surface area contributed by atoms with Crippen LogP contribution >= 0.6 is 11.3 Å². The number of aromatic nitrogens is 1. The molecule has 0 aliphatic rings. The summed E-state index contributed by atoms with van der Waals surface area (Å²) in [7, 11) is 0. The molecule has 0 aliphatic carbocycles. The van der Waals surface area contributed by atoms with Gasteiger partial charge in [-0.1, -0.05) is 17.4 Å². The quantitative estimate of drug-likeness (QED) is 0.417. The number of hydrogen-bond donors (Lipinski definition) is 4. The summed E-state index contributed by atoms with van der Waals surface area (Å²) in [4.78, 5) is 28.3. The van der Waals surface area contributed by atoms with Crippen LogP contribution in [-0.2, 0) is 4.79 Å². The zero-order valence-electron chi connectivity index (χ0n) is 14.9. The minimum atomic E-state index is -0.360. The molecular formula is C18H23N5O2S. The first-order chi connectivity index (χ1) is 12.4. The van der Waals surface area contributed by atoms with Crippen LogP contribution in [0.15, 0.2) is 30.9 Å². The first-order valence-corrected chi connectivity index (χ1v) is 9.03. The molecule has 0 spiro atoms. The molecule has 0 bridgehead atoms. The number of thiazole rings is 1. The van der Waals surface area contributed by atoms with Crippen molar-refractivity contribution < 1.29 is 9.59 Å². The number of carbonyl (C=O) groups excluding carboxylic acids is 2. The van der Waals surface area contributed by atoms with E-state index in [0.29, 0.717) is 27.1 Å². The van der Waals surface area contributed by atoms with Gasteiger partial charge < -0.3 is 16.4 Å². The van der Waals surface area contributed by atoms with E-state index < -0.39 is 0 Å². The fourth-order valence-electron chi connectivity index (χ4n) is 2.25. The van der Waals surface area contributed by atoms with Crippen molar-refractivity contribution in [2.24, 2.45) is 0 Å². The molecule has 0 atom stereocenters. The fraction of sp³-hybridized carbons (Fsp3) is 0.278. The Balaban J connectivity index is 2.17. The number of amides is 2. The molecule has 1 aromatic carbocycles. The summed E-state index contributed by atoms with van der Waals surface area (Å²) in [5, 5.41) is 9.66. The molecule has 2 aromatic rings. The fourth-order valence-corrected chi connectivity index (χ4v) is 2.98. The van der Waals surface area contributed by atoms with Gasteiger partial charge >= 0.3 is 0 Å². The smallest absolute Gasteiger partial charge is 0.259 e. The summed E-state index contributed by atoms with van der Waals surface area (Å²) in [6, 6.07) is 5.21. The van der Waals surface area contributed by atoms with E-state index in [9.17, 15) is 9.59 Å². The number of unbranched alkanes of at least 4 members (excludes halogenated alkanes) is 1. The number of carbonyl (C=O) groups is 2. The third-order valence-electron chi connectivity index (χ3n) is 3.54. The summed E-state index contributed by atoms with van der Waals surface area (Å²) >= 11 is 1.20. The standard InChI is InChI=1S/C18H23N5O2S/c1-4-5-6-9-20-13-7-8-14(15(10-13)22-12(3)24)17(25)23-18-21-11(2)16(19)26-18/h4,7-8,10,20H,1,5-6,9,19H2,2-3H3,(H,22,24)(H,21,23,25). The molecule has 0 radical (unpaired) electrons. The predicted octanol–water partition coefficient (Wildman–Crippen LogP) is 3.62. The van der Waals surface area contributed by atoms with Crippen molar-refractivity contribution in [2.45, 2.75) is 26.7 Å². The van der Waals surface area contributed by atoms with E-state index in [1.807, 2.05) is 6.08 Å². The van der Waals surface area contributed by atoms with Crippen molar-refractivity contribution >= 4 is 44.7 Å². The van der Waals surface area contributed by atoms with E-state index in [0.717, 1.165) is 25.1 Å². The summed E-state index contributed by atoms with van der Waals surface area (Å²) < 4.78 is 0. The lowest BCUT2D eigenvalue weighted by Crippen LogP contribution is -2.17. The topological polar surface area (TPSA) is 109 Å². The molecule has 1 heterocycles. The molecule has 0 saturated carbocycles. The number of nitrogens with two attached hydrogens (primary N) is 1. The van der Waals surface area contributed by atoms with Crippen molar-refractivity contribution in [3.05, 3.63) is 42.1 Å². The summed E-state index contributed by atoms with van der Waals surface area (Å²) in [5.74, 6) is -0.613. The molecule has 5 N–H and O–H groups in total. The lowest BCUT2D eigenvalue weighted by Gasteiger charge is -2.13. The molecule has 2 rings (SSSR count). The van der Waals surface area contributed by atoms with Gasteiger partial charge in [-0.15, -0.1) is 6.58 Å². The van der Waals surface area contributed by atoms with Crippen LogP contribution in [0.5, 0.6) is 0 Å². The second-order valence-electron chi connectivity index (χ2n) is 5.72. The predicted molar refractivity (Wildman–Crippen MR) is 108 cm³/mol. The second kappa shape index (κ2) is 9.00. The van der Waals surface area contributed by atoms with Crippen LogP contribution in [0, 0.1) is 6.92 Å². The largest absolute Gasteiger partial charge is 0.389 e. The first-order valence-electron chi connectivity index (χ1n) is 8.21. The maximum atomic E-state index is 12.6. The number of aryl methyl sites for hydroxylation is 1. The van der Waals surface area contributed by atoms with Gasteiger partial charge in [0.15, 0.2) is 5.13 Å². The van der Waals surface area contributed by atoms with Gasteiger partial charge in [-0.2, -0.15) is 0 Å². The first kappa shape index (κ1) is 19.5. The number of anilines is 4. The van der Waals surface area contributed by atoms with Crippen LogP contribution in [-0.4, -0.2) is 23.3 Å². The molecule has 138 valence electrons. The Morgan fingerprint density at radius 3 is 2.73 bits per heavy atom. The van der Waals surface area contributed by atoms with Gasteiger partial charge in [0.05, 0.1) is 16.9 Å². The Morgan fingerprint density at radius 2 is 2.12 bits per heavy atom. The van der Waals surface area contributed by atoms with Crippen molar-refractivity contribution in [2.75, 3.05) is 28.2 Å². The van der Waals surface area contributed by atoms with E-state index in [1.165, 1.54) is 18.3 Å². The Kier molecular flexibility index (Phi) is 6.74. The molecule has 0 fully saturated rings. The summed E-state index contributed by atoms with van der Waals surface area (Å²) in [6.45, 7) is 7.64. The second-order valence-corrected chi connectivity index (χ2v) is 6.75. The van der Waals surface area contributed by atoms with Gasteiger partial charge in [0.1, 0.15) is 5.00 Å². The van der Waals surface area contributed by atoms with E-state index in [2.05, 4.69) is 27.5 Å². The normalized spacial score (nSPS) is 10.2. The third kappa shape index (κ3) is 5.32. The van der Waals surface area contributed by atoms with Crippen LogP contribution in [0.3, 0.4) is 0 Å². The maximum Gasteiger partial charge on any atom is 0.259 e. The third-order valence-corrected chi connectivity index (χ3v) is 4.44. The Labute approximate surface area is 156 Å². The average Bonchev–Trinajstić information content (AvgIpc) is 2.88. The highest BCUT2D eigenvalue weighted by Gasteiger charge is 2.15. The Bertz CT molecular complexity index is 796. The molecule has 1 aromatic heterocycles. The van der Waals surface area contributed by atoms with Crippen molar-refractivity contribution in [3.63, 3.8) is 0 Å². The number of rotatable bonds is 8. The number of hydrogen-bond acceptors (Lipinski definition) is 6. The van der Waals surface area contributed by atoms with Crippen LogP contribution in [0.1, 0.15) is 35.8 Å². The number of nitrogens with zero attached hydrogens (tertiary/aromatic N) is 1. The molecule has 0 unspecified atom stereocenters. The molecule has 0 saturated heterocycles. The number of nitrogens with one attached hydrogen (secondary N) is 3. The lowest BCUT2D eigenvalue weighted by molar-refractivity contribution is -0.114. The van der Waals surface area contributed by atoms with Crippen LogP contribution in [0.25, 0.3) is 0 Å². The van der Waals surface area contributed by atoms with Crippen LogP contribution in [0.2, 0.25) is 0 Å². The minimum Gasteiger partial charge on any atom is -0.389 e. The van der Waals surface area contributed by atoms with E-state index in [1.54, 1.807) is 25.1 Å². The summed E-state index contributed by atoms with van der Waals surface area (Å²) in [6.07, 6.45) is 3.74. The van der Waals surface area contributed by atoms with E-state index in [-0.39, 0.29) is 11.8 Å². The van der Waals surface area contributed by atoms with Gasteiger partial charge in [0.25, 0.3) is 5.91 Å². The average molecular weight is 373 g/mol. The molecule has 26 heavy (non-hydrogen) atoms. The minimum absolute atomic E-state index is 0.253. The Hall–Kier alpha value is -2.87. The zero-order chi connectivity index (χ0) is 19.1. The van der Waals surface area contributed by atoms with Gasteiger partial charge in [-0.3, -0.25) is 14.9 Å². The highest BCUT2D eigenvalue weighted by Crippen LogP contribution is 2.27.